The molecule has 0 aliphatic carbocycles. The smallest absolute Gasteiger partial charge is 0.138 e. The summed E-state index contributed by atoms with van der Waals surface area (Å²) in [6, 6.07) is 1.41. The van der Waals surface area contributed by atoms with Crippen molar-refractivity contribution in [3.63, 3.8) is 0 Å². The number of hydrogen-bond donors (Lipinski definition) is 2. The van der Waals surface area contributed by atoms with E-state index in [1.807, 2.05) is 6.92 Å². The second kappa shape index (κ2) is 3.80. The molecule has 1 atom stereocenters. The Morgan fingerprint density at radius 2 is 2.55 bits per heavy atom. The maximum Gasteiger partial charge on any atom is 0.138 e. The van der Waals surface area contributed by atoms with Gasteiger partial charge < -0.3 is 0 Å². The van der Waals surface area contributed by atoms with Crippen molar-refractivity contribution in [2.75, 3.05) is 0 Å². The van der Waals surface area contributed by atoms with Crippen molar-refractivity contribution in [3.8, 4) is 0 Å². The molecule has 3 N–H and O–H groups in total. The van der Waals surface area contributed by atoms with Gasteiger partial charge in [-0.05, 0) is 17.9 Å². The molecule has 0 aliphatic rings. The fourth-order valence-electron chi connectivity index (χ4n) is 0.933. The van der Waals surface area contributed by atoms with Crippen LogP contribution in [0.2, 0.25) is 0 Å². The van der Waals surface area contributed by atoms with Crippen LogP contribution in [0.1, 0.15) is 24.3 Å². The standard InChI is InChI=1S/C7H11FN2S/c1-2-6(10-9)7-5(8)3-4-11-7/h3-4,6,10H,2,9H2,1H3. The number of halogens is 1. The Kier molecular flexibility index (Phi) is 2.99. The Bertz CT molecular complexity index is 220. The third-order valence-corrected chi connectivity index (χ3v) is 2.58. The molecule has 0 spiro atoms. The van der Waals surface area contributed by atoms with Crippen molar-refractivity contribution in [3.05, 3.63) is 22.1 Å². The number of thiophene rings is 1. The third kappa shape index (κ3) is 1.77. The molecule has 0 aromatic carbocycles. The van der Waals surface area contributed by atoms with Crippen molar-refractivity contribution in [2.24, 2.45) is 5.84 Å². The monoisotopic (exact) mass is 174 g/mol. The van der Waals surface area contributed by atoms with Crippen molar-refractivity contribution < 1.29 is 4.39 Å². The molecule has 1 unspecified atom stereocenters. The van der Waals surface area contributed by atoms with Gasteiger partial charge in [-0.3, -0.25) is 11.3 Å². The highest BCUT2D eigenvalue weighted by Crippen LogP contribution is 2.24. The van der Waals surface area contributed by atoms with Crippen LogP contribution in [0.3, 0.4) is 0 Å². The van der Waals surface area contributed by atoms with E-state index in [4.69, 9.17) is 5.84 Å². The van der Waals surface area contributed by atoms with Gasteiger partial charge in [0.1, 0.15) is 5.82 Å². The lowest BCUT2D eigenvalue weighted by atomic mass is 10.2. The fraction of sp³-hybridized carbons (Fsp3) is 0.429. The predicted molar refractivity (Wildman–Crippen MR) is 44.6 cm³/mol. The molecule has 1 heterocycles. The van der Waals surface area contributed by atoms with Gasteiger partial charge in [-0.15, -0.1) is 11.3 Å². The van der Waals surface area contributed by atoms with Gasteiger partial charge >= 0.3 is 0 Å². The first kappa shape index (κ1) is 8.64. The second-order valence-corrected chi connectivity index (χ2v) is 3.21. The Hall–Kier alpha value is -0.450. The molecule has 4 heteroatoms. The zero-order chi connectivity index (χ0) is 8.27. The first-order chi connectivity index (χ1) is 5.29. The highest BCUT2D eigenvalue weighted by molar-refractivity contribution is 7.10. The quantitative estimate of drug-likeness (QED) is 0.541. The molecule has 0 saturated carbocycles. The lowest BCUT2D eigenvalue weighted by molar-refractivity contribution is 0.513. The predicted octanol–water partition coefficient (Wildman–Crippen LogP) is 1.80. The van der Waals surface area contributed by atoms with E-state index in [2.05, 4.69) is 5.43 Å². The molecule has 1 rings (SSSR count). The van der Waals surface area contributed by atoms with Crippen LogP contribution >= 0.6 is 11.3 Å². The Balaban J connectivity index is 2.81. The van der Waals surface area contributed by atoms with Crippen LogP contribution < -0.4 is 11.3 Å². The average Bonchev–Trinajstić information content (AvgIpc) is 2.40. The Morgan fingerprint density at radius 3 is 2.91 bits per heavy atom. The molecule has 1 aromatic rings. The summed E-state index contributed by atoms with van der Waals surface area (Å²) < 4.78 is 12.9. The van der Waals surface area contributed by atoms with Crippen LogP contribution in [-0.4, -0.2) is 0 Å². The summed E-state index contributed by atoms with van der Waals surface area (Å²) in [6.07, 6.45) is 0.800. The molecule has 62 valence electrons. The molecule has 0 amide bonds. The van der Waals surface area contributed by atoms with E-state index < -0.39 is 0 Å². The van der Waals surface area contributed by atoms with Crippen LogP contribution in [0.15, 0.2) is 11.4 Å². The van der Waals surface area contributed by atoms with Crippen LogP contribution in [0, 0.1) is 5.82 Å². The molecule has 0 bridgehead atoms. The van der Waals surface area contributed by atoms with Gasteiger partial charge in [-0.2, -0.15) is 0 Å². The van der Waals surface area contributed by atoms with Crippen molar-refractivity contribution in [1.29, 1.82) is 0 Å². The lowest BCUT2D eigenvalue weighted by Gasteiger charge is -2.10. The van der Waals surface area contributed by atoms with E-state index in [0.717, 1.165) is 6.42 Å². The first-order valence-electron chi connectivity index (χ1n) is 3.48. The van der Waals surface area contributed by atoms with E-state index in [1.165, 1.54) is 17.4 Å². The summed E-state index contributed by atoms with van der Waals surface area (Å²) in [4.78, 5) is 0.690. The van der Waals surface area contributed by atoms with Gasteiger partial charge in [0.25, 0.3) is 0 Å². The van der Waals surface area contributed by atoms with E-state index in [0.29, 0.717) is 4.88 Å². The summed E-state index contributed by atoms with van der Waals surface area (Å²) in [5.41, 5.74) is 2.57. The molecule has 0 saturated heterocycles. The molecule has 2 nitrogen and oxygen atoms in total. The zero-order valence-electron chi connectivity index (χ0n) is 6.30. The van der Waals surface area contributed by atoms with E-state index >= 15 is 0 Å². The summed E-state index contributed by atoms with van der Waals surface area (Å²) in [5, 5.41) is 1.73. The lowest BCUT2D eigenvalue weighted by Crippen LogP contribution is -2.27. The van der Waals surface area contributed by atoms with Crippen LogP contribution in [-0.2, 0) is 0 Å². The van der Waals surface area contributed by atoms with E-state index in [1.54, 1.807) is 5.38 Å². The second-order valence-electron chi connectivity index (χ2n) is 2.26. The average molecular weight is 174 g/mol. The zero-order valence-corrected chi connectivity index (χ0v) is 7.12. The molecular formula is C7H11FN2S. The van der Waals surface area contributed by atoms with Gasteiger partial charge in [0.05, 0.1) is 10.9 Å². The highest BCUT2D eigenvalue weighted by Gasteiger charge is 2.12. The largest absolute Gasteiger partial charge is 0.271 e. The minimum absolute atomic E-state index is 0.0463. The summed E-state index contributed by atoms with van der Waals surface area (Å²) in [7, 11) is 0. The number of hydrogen-bond acceptors (Lipinski definition) is 3. The fourth-order valence-corrected chi connectivity index (χ4v) is 1.85. The third-order valence-electron chi connectivity index (χ3n) is 1.57. The summed E-state index contributed by atoms with van der Waals surface area (Å²) >= 11 is 1.39. The Morgan fingerprint density at radius 1 is 1.82 bits per heavy atom. The van der Waals surface area contributed by atoms with Crippen molar-refractivity contribution in [2.45, 2.75) is 19.4 Å². The van der Waals surface area contributed by atoms with Crippen molar-refractivity contribution >= 4 is 11.3 Å². The van der Waals surface area contributed by atoms with Gasteiger partial charge in [0.15, 0.2) is 0 Å². The summed E-state index contributed by atoms with van der Waals surface area (Å²) in [5.74, 6) is 5.07. The topological polar surface area (TPSA) is 38.0 Å². The molecule has 0 aliphatic heterocycles. The normalized spacial score (nSPS) is 13.4. The van der Waals surface area contributed by atoms with Crippen LogP contribution in [0.5, 0.6) is 0 Å². The van der Waals surface area contributed by atoms with Gasteiger partial charge in [0, 0.05) is 0 Å². The Labute approximate surface area is 69.2 Å². The van der Waals surface area contributed by atoms with E-state index in [-0.39, 0.29) is 11.9 Å². The number of nitrogens with two attached hydrogens (primary N) is 1. The molecule has 11 heavy (non-hydrogen) atoms. The van der Waals surface area contributed by atoms with Crippen LogP contribution in [0.25, 0.3) is 0 Å². The van der Waals surface area contributed by atoms with Crippen molar-refractivity contribution in [1.82, 2.24) is 5.43 Å². The minimum atomic E-state index is -0.167. The maximum atomic E-state index is 12.9. The van der Waals surface area contributed by atoms with Gasteiger partial charge in [-0.25, -0.2) is 4.39 Å². The molecule has 1 aromatic heterocycles. The van der Waals surface area contributed by atoms with Gasteiger partial charge in [0.2, 0.25) is 0 Å². The van der Waals surface area contributed by atoms with E-state index in [9.17, 15) is 4.39 Å². The first-order valence-corrected chi connectivity index (χ1v) is 4.36. The number of hydrazine groups is 1. The molecule has 0 radical (unpaired) electrons. The molecular weight excluding hydrogens is 163 g/mol. The number of nitrogens with one attached hydrogen (secondary N) is 1. The van der Waals surface area contributed by atoms with Gasteiger partial charge in [-0.1, -0.05) is 6.92 Å². The highest BCUT2D eigenvalue weighted by atomic mass is 32.1. The maximum absolute atomic E-state index is 12.9. The van der Waals surface area contributed by atoms with Crippen LogP contribution in [0.4, 0.5) is 4.39 Å². The molecule has 0 fully saturated rings. The minimum Gasteiger partial charge on any atom is -0.271 e. The summed E-state index contributed by atoms with van der Waals surface area (Å²) in [6.45, 7) is 1.96. The number of rotatable bonds is 3. The SMILES string of the molecule is CCC(NN)c1sccc1F.